The fraction of sp³-hybridized carbons (Fsp3) is 0. The van der Waals surface area contributed by atoms with Crippen LogP contribution in [0.3, 0.4) is 0 Å². The number of carbonyl (C=O) groups excluding carboxylic acids is 1. The van der Waals surface area contributed by atoms with Crippen molar-refractivity contribution in [3.8, 4) is 11.8 Å². The fourth-order valence-corrected chi connectivity index (χ4v) is 1.55. The number of halogens is 4. The van der Waals surface area contributed by atoms with E-state index in [1.807, 2.05) is 0 Å². The summed E-state index contributed by atoms with van der Waals surface area (Å²) >= 11 is 0. The van der Waals surface area contributed by atoms with Crippen molar-refractivity contribution in [2.75, 3.05) is 0 Å². The molecular formula is C14H5F4NO2. The Morgan fingerprint density at radius 2 is 1.62 bits per heavy atom. The number of esters is 1. The van der Waals surface area contributed by atoms with E-state index in [9.17, 15) is 22.4 Å². The molecule has 2 aromatic carbocycles. The lowest BCUT2D eigenvalue weighted by Crippen LogP contribution is -2.13. The van der Waals surface area contributed by atoms with Gasteiger partial charge in [-0.3, -0.25) is 0 Å². The van der Waals surface area contributed by atoms with Crippen LogP contribution < -0.4 is 4.74 Å². The molecule has 0 amide bonds. The zero-order valence-corrected chi connectivity index (χ0v) is 10.2. The fourth-order valence-electron chi connectivity index (χ4n) is 1.55. The molecule has 106 valence electrons. The second-order valence-electron chi connectivity index (χ2n) is 3.84. The summed E-state index contributed by atoms with van der Waals surface area (Å²) in [5, 5.41) is 8.80. The van der Waals surface area contributed by atoms with Crippen LogP contribution in [-0.4, -0.2) is 5.97 Å². The molecular weight excluding hydrogens is 290 g/mol. The summed E-state index contributed by atoms with van der Waals surface area (Å²) in [7, 11) is 0. The van der Waals surface area contributed by atoms with Gasteiger partial charge in [0.25, 0.3) is 0 Å². The van der Waals surface area contributed by atoms with Crippen LogP contribution in [0, 0.1) is 34.6 Å². The quantitative estimate of drug-likeness (QED) is 0.369. The maximum atomic E-state index is 13.4. The smallest absolute Gasteiger partial charge is 0.345 e. The number of nitriles is 1. The lowest BCUT2D eigenvalue weighted by atomic mass is 10.1. The third-order valence-corrected chi connectivity index (χ3v) is 2.53. The zero-order valence-electron chi connectivity index (χ0n) is 10.2. The van der Waals surface area contributed by atoms with Crippen molar-refractivity contribution in [2.24, 2.45) is 0 Å². The van der Waals surface area contributed by atoms with Gasteiger partial charge in [0.05, 0.1) is 11.1 Å². The van der Waals surface area contributed by atoms with E-state index in [0.717, 1.165) is 0 Å². The van der Waals surface area contributed by atoms with Gasteiger partial charge in [-0.2, -0.15) is 14.0 Å². The summed E-state index contributed by atoms with van der Waals surface area (Å²) in [6.07, 6.45) is 0. The first-order chi connectivity index (χ1) is 9.95. The molecule has 2 rings (SSSR count). The van der Waals surface area contributed by atoms with Gasteiger partial charge in [-0.25, -0.2) is 13.6 Å². The lowest BCUT2D eigenvalue weighted by molar-refractivity contribution is 0.0717. The number of benzene rings is 2. The third-order valence-electron chi connectivity index (χ3n) is 2.53. The minimum atomic E-state index is -1.84. The first kappa shape index (κ1) is 14.5. The third kappa shape index (κ3) is 2.69. The van der Waals surface area contributed by atoms with E-state index in [4.69, 9.17) is 5.26 Å². The molecule has 0 bridgehead atoms. The Kier molecular flexibility index (Phi) is 3.89. The Morgan fingerprint density at radius 1 is 1.05 bits per heavy atom. The SMILES string of the molecule is N#Cc1ccccc1C(=O)Oc1c(F)c(F)cc(F)c1F. The Morgan fingerprint density at radius 3 is 2.19 bits per heavy atom. The maximum Gasteiger partial charge on any atom is 0.345 e. The first-order valence-electron chi connectivity index (χ1n) is 5.50. The molecule has 0 heterocycles. The van der Waals surface area contributed by atoms with Gasteiger partial charge >= 0.3 is 5.97 Å². The molecule has 0 unspecified atom stereocenters. The summed E-state index contributed by atoms with van der Waals surface area (Å²) in [5.74, 6) is -9.89. The predicted molar refractivity (Wildman–Crippen MR) is 62.4 cm³/mol. The highest BCUT2D eigenvalue weighted by Gasteiger charge is 2.24. The summed E-state index contributed by atoms with van der Waals surface area (Å²) in [4.78, 5) is 11.8. The van der Waals surface area contributed by atoms with Crippen LogP contribution in [0.4, 0.5) is 17.6 Å². The highest BCUT2D eigenvalue weighted by atomic mass is 19.2. The van der Waals surface area contributed by atoms with Gasteiger partial charge in [-0.1, -0.05) is 12.1 Å². The molecule has 2 aromatic rings. The Labute approximate surface area is 116 Å². The van der Waals surface area contributed by atoms with Gasteiger partial charge in [0, 0.05) is 6.07 Å². The van der Waals surface area contributed by atoms with Crippen molar-refractivity contribution in [1.29, 1.82) is 5.26 Å². The zero-order chi connectivity index (χ0) is 15.6. The summed E-state index contributed by atoms with van der Waals surface area (Å²) < 4.78 is 57.1. The molecule has 7 heteroatoms. The maximum absolute atomic E-state index is 13.4. The topological polar surface area (TPSA) is 50.1 Å². The minimum absolute atomic E-state index is 0.00870. The molecule has 0 saturated heterocycles. The Hall–Kier alpha value is -2.88. The summed E-state index contributed by atoms with van der Waals surface area (Å²) in [6.45, 7) is 0. The van der Waals surface area contributed by atoms with Crippen molar-refractivity contribution >= 4 is 5.97 Å². The molecule has 0 saturated carbocycles. The number of carbonyl (C=O) groups is 1. The molecule has 0 atom stereocenters. The standard InChI is InChI=1S/C14H5F4NO2/c15-9-5-10(16)12(18)13(11(9)17)21-14(20)8-4-2-1-3-7(8)6-19/h1-5H. The molecule has 0 aliphatic carbocycles. The largest absolute Gasteiger partial charge is 0.416 e. The second-order valence-corrected chi connectivity index (χ2v) is 3.84. The number of ether oxygens (including phenoxy) is 1. The predicted octanol–water partition coefficient (Wildman–Crippen LogP) is 3.33. The van der Waals surface area contributed by atoms with E-state index >= 15 is 0 Å². The number of nitrogens with zero attached hydrogens (tertiary/aromatic N) is 1. The van der Waals surface area contributed by atoms with Crippen LogP contribution in [-0.2, 0) is 0 Å². The average Bonchev–Trinajstić information content (AvgIpc) is 2.49. The molecule has 0 N–H and O–H groups in total. The monoisotopic (exact) mass is 295 g/mol. The average molecular weight is 295 g/mol. The van der Waals surface area contributed by atoms with Crippen molar-refractivity contribution in [3.05, 3.63) is 64.7 Å². The van der Waals surface area contributed by atoms with E-state index in [1.54, 1.807) is 6.07 Å². The number of hydrogen-bond donors (Lipinski definition) is 0. The van der Waals surface area contributed by atoms with Crippen LogP contribution in [0.5, 0.6) is 5.75 Å². The highest BCUT2D eigenvalue weighted by molar-refractivity contribution is 5.93. The Bertz CT molecular complexity index is 742. The molecule has 0 fully saturated rings. The first-order valence-corrected chi connectivity index (χ1v) is 5.50. The van der Waals surface area contributed by atoms with Crippen molar-refractivity contribution in [3.63, 3.8) is 0 Å². The lowest BCUT2D eigenvalue weighted by Gasteiger charge is -2.08. The van der Waals surface area contributed by atoms with Gasteiger partial charge in [-0.15, -0.1) is 0 Å². The van der Waals surface area contributed by atoms with Gasteiger partial charge in [0.2, 0.25) is 17.4 Å². The summed E-state index contributed by atoms with van der Waals surface area (Å²) in [6, 6.07) is 6.96. The van der Waals surface area contributed by atoms with Gasteiger partial charge < -0.3 is 4.74 Å². The van der Waals surface area contributed by atoms with Crippen molar-refractivity contribution < 1.29 is 27.1 Å². The van der Waals surface area contributed by atoms with Crippen LogP contribution in [0.2, 0.25) is 0 Å². The highest BCUT2D eigenvalue weighted by Crippen LogP contribution is 2.27. The van der Waals surface area contributed by atoms with Crippen LogP contribution in [0.25, 0.3) is 0 Å². The van der Waals surface area contributed by atoms with E-state index in [0.29, 0.717) is 0 Å². The molecule has 21 heavy (non-hydrogen) atoms. The van der Waals surface area contributed by atoms with Gasteiger partial charge in [-0.05, 0) is 12.1 Å². The van der Waals surface area contributed by atoms with Crippen LogP contribution >= 0.6 is 0 Å². The molecule has 0 aliphatic rings. The van der Waals surface area contributed by atoms with Crippen LogP contribution in [0.15, 0.2) is 30.3 Å². The Balaban J connectivity index is 2.44. The van der Waals surface area contributed by atoms with E-state index < -0.39 is 35.0 Å². The van der Waals surface area contributed by atoms with E-state index in [1.165, 1.54) is 24.3 Å². The molecule has 0 aliphatic heterocycles. The number of rotatable bonds is 2. The molecule has 0 spiro atoms. The van der Waals surface area contributed by atoms with Gasteiger partial charge in [0.1, 0.15) is 6.07 Å². The van der Waals surface area contributed by atoms with Crippen LogP contribution in [0.1, 0.15) is 15.9 Å². The minimum Gasteiger partial charge on any atom is -0.416 e. The second kappa shape index (κ2) is 5.63. The van der Waals surface area contributed by atoms with Gasteiger partial charge in [0.15, 0.2) is 11.6 Å². The van der Waals surface area contributed by atoms with E-state index in [-0.39, 0.29) is 17.2 Å². The molecule has 0 radical (unpaired) electrons. The number of hydrogen-bond acceptors (Lipinski definition) is 3. The molecule has 0 aromatic heterocycles. The van der Waals surface area contributed by atoms with E-state index in [2.05, 4.69) is 4.74 Å². The normalized spacial score (nSPS) is 10.0. The molecule has 3 nitrogen and oxygen atoms in total. The van der Waals surface area contributed by atoms with Crippen molar-refractivity contribution in [2.45, 2.75) is 0 Å². The van der Waals surface area contributed by atoms with Crippen molar-refractivity contribution in [1.82, 2.24) is 0 Å². The summed E-state index contributed by atoms with van der Waals surface area (Å²) in [5.41, 5.74) is -0.399.